The molecule has 2 unspecified atom stereocenters. The Hall–Kier alpha value is -2.06. The first-order chi connectivity index (χ1) is 15.8. The van der Waals surface area contributed by atoms with E-state index in [0.29, 0.717) is 18.1 Å². The second kappa shape index (κ2) is 11.4. The highest BCUT2D eigenvalue weighted by molar-refractivity contribution is 14.0. The summed E-state index contributed by atoms with van der Waals surface area (Å²) in [6.45, 7) is 2.02. The first-order valence-corrected chi connectivity index (χ1v) is 12.1. The van der Waals surface area contributed by atoms with Crippen LogP contribution < -0.4 is 10.6 Å². The molecule has 2 aliphatic rings. The third-order valence-corrected chi connectivity index (χ3v) is 7.25. The Balaban J connectivity index is 0.00000259. The average Bonchev–Trinajstić information content (AvgIpc) is 3.33. The molecule has 176 valence electrons. The molecule has 0 aliphatic carbocycles. The number of aryl methyl sites for hydroxylation is 1. The van der Waals surface area contributed by atoms with E-state index in [4.69, 9.17) is 0 Å². The normalized spacial score (nSPS) is 22.8. The van der Waals surface area contributed by atoms with Crippen LogP contribution in [0.1, 0.15) is 43.2 Å². The fraction of sp³-hybridized carbons (Fsp3) is 0.444. The lowest BCUT2D eigenvalue weighted by molar-refractivity contribution is 0.114. The van der Waals surface area contributed by atoms with Crippen molar-refractivity contribution in [2.75, 3.05) is 13.6 Å². The van der Waals surface area contributed by atoms with Crippen molar-refractivity contribution in [3.63, 3.8) is 0 Å². The summed E-state index contributed by atoms with van der Waals surface area (Å²) in [5.74, 6) is 0.949. The van der Waals surface area contributed by atoms with E-state index >= 15 is 0 Å². The van der Waals surface area contributed by atoms with Gasteiger partial charge in [-0.2, -0.15) is 0 Å². The number of hydrogen-bond acceptors (Lipinski definition) is 2. The average molecular weight is 558 g/mol. The highest BCUT2D eigenvalue weighted by Crippen LogP contribution is 2.36. The molecular formula is C27H36IN5. The van der Waals surface area contributed by atoms with Crippen LogP contribution in [0.2, 0.25) is 0 Å². The van der Waals surface area contributed by atoms with Gasteiger partial charge in [0, 0.05) is 55.4 Å². The standard InChI is InChI=1S/C27H35N5.HI/c1-28-27(29-15-7-10-21-18-30-26-12-6-5-11-25(21)26)31-22-16-23-13-14-24(17-22)32(23)19-20-8-3-2-4-9-20;/h2-6,8-9,11-12,18,22-24,30H,7,10,13-17,19H2,1H3,(H2,28,29,31);1H. The topological polar surface area (TPSA) is 55.5 Å². The lowest BCUT2D eigenvalue weighted by atomic mass is 9.96. The monoisotopic (exact) mass is 557 g/mol. The number of H-pyrrole nitrogens is 1. The molecule has 3 aromatic rings. The largest absolute Gasteiger partial charge is 0.361 e. The van der Waals surface area contributed by atoms with Crippen molar-refractivity contribution in [3.8, 4) is 0 Å². The molecule has 2 aliphatic heterocycles. The van der Waals surface area contributed by atoms with E-state index < -0.39 is 0 Å². The zero-order valence-corrected chi connectivity index (χ0v) is 21.8. The smallest absolute Gasteiger partial charge is 0.191 e. The van der Waals surface area contributed by atoms with Crippen molar-refractivity contribution in [1.29, 1.82) is 0 Å². The summed E-state index contributed by atoms with van der Waals surface area (Å²) >= 11 is 0. The molecule has 2 aromatic carbocycles. The van der Waals surface area contributed by atoms with E-state index in [-0.39, 0.29) is 24.0 Å². The number of halogens is 1. The maximum Gasteiger partial charge on any atom is 0.191 e. The van der Waals surface area contributed by atoms with Crippen LogP contribution in [0.3, 0.4) is 0 Å². The summed E-state index contributed by atoms with van der Waals surface area (Å²) in [5, 5.41) is 8.60. The number of aromatic amines is 1. The molecule has 0 radical (unpaired) electrons. The number of nitrogens with one attached hydrogen (secondary N) is 3. The van der Waals surface area contributed by atoms with Crippen molar-refractivity contribution >= 4 is 40.8 Å². The quantitative estimate of drug-likeness (QED) is 0.165. The van der Waals surface area contributed by atoms with Gasteiger partial charge in [-0.05, 0) is 55.7 Å². The van der Waals surface area contributed by atoms with Gasteiger partial charge in [-0.3, -0.25) is 9.89 Å². The van der Waals surface area contributed by atoms with Crippen LogP contribution in [-0.4, -0.2) is 47.6 Å². The molecule has 1 aromatic heterocycles. The molecule has 2 saturated heterocycles. The second-order valence-electron chi connectivity index (χ2n) is 9.32. The van der Waals surface area contributed by atoms with Crippen LogP contribution >= 0.6 is 24.0 Å². The van der Waals surface area contributed by atoms with Gasteiger partial charge in [-0.1, -0.05) is 48.5 Å². The first-order valence-electron chi connectivity index (χ1n) is 12.1. The van der Waals surface area contributed by atoms with Crippen molar-refractivity contribution in [2.24, 2.45) is 4.99 Å². The number of aromatic nitrogens is 1. The van der Waals surface area contributed by atoms with Gasteiger partial charge in [0.1, 0.15) is 0 Å². The van der Waals surface area contributed by atoms with Gasteiger partial charge in [0.15, 0.2) is 5.96 Å². The zero-order valence-electron chi connectivity index (χ0n) is 19.5. The molecule has 33 heavy (non-hydrogen) atoms. The van der Waals surface area contributed by atoms with Gasteiger partial charge in [-0.15, -0.1) is 24.0 Å². The molecule has 2 bridgehead atoms. The Labute approximate surface area is 214 Å². The maximum atomic E-state index is 4.50. The Morgan fingerprint density at radius 2 is 1.76 bits per heavy atom. The molecule has 0 amide bonds. The van der Waals surface area contributed by atoms with Crippen molar-refractivity contribution < 1.29 is 0 Å². The molecule has 5 rings (SSSR count). The summed E-state index contributed by atoms with van der Waals surface area (Å²) in [4.78, 5) is 10.6. The van der Waals surface area contributed by atoms with Crippen LogP contribution in [0.4, 0.5) is 0 Å². The van der Waals surface area contributed by atoms with Crippen LogP contribution in [0.15, 0.2) is 65.8 Å². The highest BCUT2D eigenvalue weighted by atomic mass is 127. The number of piperidine rings is 1. The molecule has 3 heterocycles. The molecule has 5 nitrogen and oxygen atoms in total. The van der Waals surface area contributed by atoms with E-state index in [2.05, 4.69) is 86.3 Å². The SMILES string of the molecule is CN=C(NCCCc1c[nH]c2ccccc12)NC1CC2CCC(C1)N2Cc1ccccc1.I. The summed E-state index contributed by atoms with van der Waals surface area (Å²) in [5.41, 5.74) is 4.05. The van der Waals surface area contributed by atoms with Gasteiger partial charge in [0.2, 0.25) is 0 Å². The van der Waals surface area contributed by atoms with Crippen LogP contribution in [0.5, 0.6) is 0 Å². The van der Waals surface area contributed by atoms with Gasteiger partial charge in [0.25, 0.3) is 0 Å². The third-order valence-electron chi connectivity index (χ3n) is 7.25. The molecule has 0 spiro atoms. The van der Waals surface area contributed by atoms with Crippen LogP contribution in [0, 0.1) is 0 Å². The molecule has 2 fully saturated rings. The number of para-hydroxylation sites is 1. The number of aliphatic imine (C=N–C) groups is 1. The van der Waals surface area contributed by atoms with E-state index in [1.165, 1.54) is 47.7 Å². The van der Waals surface area contributed by atoms with Gasteiger partial charge >= 0.3 is 0 Å². The minimum absolute atomic E-state index is 0. The highest BCUT2D eigenvalue weighted by Gasteiger charge is 2.40. The Morgan fingerprint density at radius 3 is 2.52 bits per heavy atom. The summed E-state index contributed by atoms with van der Waals surface area (Å²) in [6, 6.07) is 21.3. The van der Waals surface area contributed by atoms with Crippen molar-refractivity contribution in [2.45, 2.75) is 63.2 Å². The summed E-state index contributed by atoms with van der Waals surface area (Å²) in [6.07, 6.45) is 9.37. The minimum atomic E-state index is 0. The number of benzene rings is 2. The van der Waals surface area contributed by atoms with E-state index in [0.717, 1.165) is 31.9 Å². The Kier molecular flexibility index (Phi) is 8.30. The molecular weight excluding hydrogens is 521 g/mol. The van der Waals surface area contributed by atoms with E-state index in [9.17, 15) is 0 Å². The predicted molar refractivity (Wildman–Crippen MR) is 148 cm³/mol. The van der Waals surface area contributed by atoms with Crippen LogP contribution in [0.25, 0.3) is 10.9 Å². The minimum Gasteiger partial charge on any atom is -0.361 e. The lowest BCUT2D eigenvalue weighted by Gasteiger charge is -2.39. The first kappa shape index (κ1) is 24.1. The number of nitrogens with zero attached hydrogens (tertiary/aromatic N) is 2. The molecule has 3 N–H and O–H groups in total. The van der Waals surface area contributed by atoms with Gasteiger partial charge in [0.05, 0.1) is 0 Å². The Bertz CT molecular complexity index is 1030. The van der Waals surface area contributed by atoms with Crippen LogP contribution in [-0.2, 0) is 13.0 Å². The van der Waals surface area contributed by atoms with E-state index in [1.54, 1.807) is 0 Å². The summed E-state index contributed by atoms with van der Waals surface area (Å²) in [7, 11) is 1.88. The van der Waals surface area contributed by atoms with Gasteiger partial charge < -0.3 is 15.6 Å². The van der Waals surface area contributed by atoms with Crippen molar-refractivity contribution in [3.05, 3.63) is 71.9 Å². The fourth-order valence-electron chi connectivity index (χ4n) is 5.66. The third kappa shape index (κ3) is 5.72. The zero-order chi connectivity index (χ0) is 21.8. The predicted octanol–water partition coefficient (Wildman–Crippen LogP) is 5.08. The molecule has 0 saturated carbocycles. The maximum absolute atomic E-state index is 4.50. The number of rotatable bonds is 7. The second-order valence-corrected chi connectivity index (χ2v) is 9.32. The Morgan fingerprint density at radius 1 is 1.03 bits per heavy atom. The number of fused-ring (bicyclic) bond motifs is 3. The van der Waals surface area contributed by atoms with E-state index in [1.807, 2.05) is 7.05 Å². The fourth-order valence-corrected chi connectivity index (χ4v) is 5.66. The van der Waals surface area contributed by atoms with Crippen molar-refractivity contribution in [1.82, 2.24) is 20.5 Å². The lowest BCUT2D eigenvalue weighted by Crippen LogP contribution is -2.52. The number of hydrogen-bond donors (Lipinski definition) is 3. The number of guanidine groups is 1. The summed E-state index contributed by atoms with van der Waals surface area (Å²) < 4.78 is 0. The molecule has 6 heteroatoms. The molecule has 2 atom stereocenters. The van der Waals surface area contributed by atoms with Gasteiger partial charge in [-0.25, -0.2) is 0 Å².